The molecule has 11 heteroatoms. The monoisotopic (exact) mass is 300 g/mol. The normalized spacial score (nSPS) is 15.8. The van der Waals surface area contributed by atoms with Crippen molar-refractivity contribution >= 4 is 27.5 Å². The Bertz CT molecular complexity index is 728. The maximum absolute atomic E-state index is 12.1. The van der Waals surface area contributed by atoms with Crippen molar-refractivity contribution in [3.05, 3.63) is 33.9 Å². The highest BCUT2D eigenvalue weighted by molar-refractivity contribution is 7.90. The number of benzene rings is 1. The molecule has 0 unspecified atom stereocenters. The molecule has 10 nitrogen and oxygen atoms in total. The number of sulfonamides is 1. The van der Waals surface area contributed by atoms with Crippen LogP contribution in [-0.4, -0.2) is 36.0 Å². The van der Waals surface area contributed by atoms with Gasteiger partial charge < -0.3 is 0 Å². The molecule has 0 aliphatic carbocycles. The number of nitro benzene ring substituents is 1. The minimum atomic E-state index is -4.29. The van der Waals surface area contributed by atoms with E-state index in [-0.39, 0.29) is 5.56 Å². The first kappa shape index (κ1) is 13.9. The van der Waals surface area contributed by atoms with E-state index in [0.717, 1.165) is 18.2 Å². The van der Waals surface area contributed by atoms with Gasteiger partial charge in [0.1, 0.15) is 11.4 Å². The Hall–Kier alpha value is -2.53. The number of hydrogen-bond acceptors (Lipinski definition) is 7. The highest BCUT2D eigenvalue weighted by Crippen LogP contribution is 2.32. The van der Waals surface area contributed by atoms with E-state index in [9.17, 15) is 28.1 Å². The molecule has 0 atom stereocenters. The van der Waals surface area contributed by atoms with Crippen molar-refractivity contribution in [3.8, 4) is 0 Å². The molecule has 1 aromatic carbocycles. The second-order valence-corrected chi connectivity index (χ2v) is 5.65. The zero-order valence-electron chi connectivity index (χ0n) is 9.77. The molecular weight excluding hydrogens is 292 g/mol. The average molecular weight is 300 g/mol. The fourth-order valence-electron chi connectivity index (χ4n) is 1.71. The number of hydrogen-bond donors (Lipinski definition) is 2. The summed E-state index contributed by atoms with van der Waals surface area (Å²) in [5.41, 5.74) is 1.01. The van der Waals surface area contributed by atoms with E-state index in [1.807, 2.05) is 0 Å². The van der Waals surface area contributed by atoms with Gasteiger partial charge in [0.2, 0.25) is 0 Å². The largest absolute Gasteiger partial charge is 0.293 e. The standard InChI is InChI=1S/C9H8N4O6S/c10-11-8(14)4-12-9(15)6-2-1-5(13(16)17)3-7(6)20(12,18)19/h1-3H,4,10H2,(H,11,14). The van der Waals surface area contributed by atoms with Gasteiger partial charge >= 0.3 is 0 Å². The molecular formula is C9H8N4O6S. The van der Waals surface area contributed by atoms with Crippen molar-refractivity contribution in [3.63, 3.8) is 0 Å². The summed E-state index contributed by atoms with van der Waals surface area (Å²) in [4.78, 5) is 32.4. The molecule has 0 saturated carbocycles. The number of carbonyl (C=O) groups excluding carboxylic acids is 2. The van der Waals surface area contributed by atoms with Gasteiger partial charge in [0.05, 0.1) is 10.5 Å². The number of amides is 2. The van der Waals surface area contributed by atoms with E-state index in [4.69, 9.17) is 5.84 Å². The third-order valence-corrected chi connectivity index (χ3v) is 4.42. The van der Waals surface area contributed by atoms with Gasteiger partial charge in [-0.15, -0.1) is 0 Å². The van der Waals surface area contributed by atoms with Crippen LogP contribution in [-0.2, 0) is 14.8 Å². The molecule has 0 aromatic heterocycles. The molecule has 2 amide bonds. The topological polar surface area (TPSA) is 153 Å². The molecule has 1 aliphatic heterocycles. The fourth-order valence-corrected chi connectivity index (χ4v) is 3.25. The predicted molar refractivity (Wildman–Crippen MR) is 63.6 cm³/mol. The summed E-state index contributed by atoms with van der Waals surface area (Å²) in [6.45, 7) is -0.792. The lowest BCUT2D eigenvalue weighted by Crippen LogP contribution is -2.42. The summed E-state index contributed by atoms with van der Waals surface area (Å²) < 4.78 is 24.5. The first-order valence-corrected chi connectivity index (χ1v) is 6.58. The minimum Gasteiger partial charge on any atom is -0.293 e. The predicted octanol–water partition coefficient (Wildman–Crippen LogP) is -1.27. The van der Waals surface area contributed by atoms with Crippen molar-refractivity contribution in [2.45, 2.75) is 4.90 Å². The lowest BCUT2D eigenvalue weighted by atomic mass is 10.2. The highest BCUT2D eigenvalue weighted by atomic mass is 32.2. The van der Waals surface area contributed by atoms with Gasteiger partial charge in [0.25, 0.3) is 27.5 Å². The van der Waals surface area contributed by atoms with E-state index in [1.54, 1.807) is 5.43 Å². The number of nitrogens with zero attached hydrogens (tertiary/aromatic N) is 2. The van der Waals surface area contributed by atoms with Crippen molar-refractivity contribution in [1.29, 1.82) is 0 Å². The van der Waals surface area contributed by atoms with Crippen molar-refractivity contribution in [2.24, 2.45) is 5.84 Å². The van der Waals surface area contributed by atoms with Gasteiger partial charge in [0, 0.05) is 12.1 Å². The second kappa shape index (κ2) is 4.54. The van der Waals surface area contributed by atoms with Crippen LogP contribution in [0.4, 0.5) is 5.69 Å². The number of rotatable bonds is 3. The summed E-state index contributed by atoms with van der Waals surface area (Å²) in [5, 5.41) is 10.6. The quantitative estimate of drug-likeness (QED) is 0.305. The number of fused-ring (bicyclic) bond motifs is 1. The number of non-ortho nitro benzene ring substituents is 1. The third-order valence-electron chi connectivity index (χ3n) is 2.65. The first-order valence-electron chi connectivity index (χ1n) is 5.14. The van der Waals surface area contributed by atoms with E-state index >= 15 is 0 Å². The fraction of sp³-hybridized carbons (Fsp3) is 0.111. The van der Waals surface area contributed by atoms with Gasteiger partial charge in [-0.3, -0.25) is 25.1 Å². The van der Waals surface area contributed by atoms with Crippen LogP contribution >= 0.6 is 0 Å². The molecule has 0 bridgehead atoms. The molecule has 0 spiro atoms. The molecule has 106 valence electrons. The highest BCUT2D eigenvalue weighted by Gasteiger charge is 2.43. The van der Waals surface area contributed by atoms with Crippen LogP contribution in [0.3, 0.4) is 0 Å². The maximum atomic E-state index is 12.1. The Kier molecular flexibility index (Phi) is 3.15. The van der Waals surface area contributed by atoms with Gasteiger partial charge in [-0.1, -0.05) is 0 Å². The first-order chi connectivity index (χ1) is 9.28. The van der Waals surface area contributed by atoms with Gasteiger partial charge in [-0.05, 0) is 6.07 Å². The minimum absolute atomic E-state index is 0.222. The summed E-state index contributed by atoms with van der Waals surface area (Å²) in [7, 11) is -4.29. The summed E-state index contributed by atoms with van der Waals surface area (Å²) in [6, 6.07) is 2.83. The number of carbonyl (C=O) groups is 2. The van der Waals surface area contributed by atoms with Crippen molar-refractivity contribution < 1.29 is 22.9 Å². The average Bonchev–Trinajstić information content (AvgIpc) is 2.59. The summed E-state index contributed by atoms with van der Waals surface area (Å²) >= 11 is 0. The second-order valence-electron chi connectivity index (χ2n) is 3.82. The van der Waals surface area contributed by atoms with E-state index in [2.05, 4.69) is 0 Å². The lowest BCUT2D eigenvalue weighted by Gasteiger charge is -2.13. The zero-order chi connectivity index (χ0) is 15.1. The maximum Gasteiger partial charge on any atom is 0.270 e. The Morgan fingerprint density at radius 2 is 2.10 bits per heavy atom. The Morgan fingerprint density at radius 3 is 2.65 bits per heavy atom. The molecule has 1 aromatic rings. The molecule has 20 heavy (non-hydrogen) atoms. The number of nitrogens with one attached hydrogen (secondary N) is 1. The number of nitrogens with two attached hydrogens (primary N) is 1. The lowest BCUT2D eigenvalue weighted by molar-refractivity contribution is -0.385. The molecule has 1 heterocycles. The molecule has 0 fully saturated rings. The van der Waals surface area contributed by atoms with Gasteiger partial charge in [-0.2, -0.15) is 0 Å². The van der Waals surface area contributed by atoms with E-state index < -0.39 is 43.9 Å². The summed E-state index contributed by atoms with van der Waals surface area (Å²) in [6.07, 6.45) is 0. The Morgan fingerprint density at radius 1 is 1.45 bits per heavy atom. The van der Waals surface area contributed by atoms with Crippen LogP contribution in [0.25, 0.3) is 0 Å². The Balaban J connectivity index is 2.53. The number of hydrazine groups is 1. The third kappa shape index (κ3) is 1.98. The molecule has 0 saturated heterocycles. The van der Waals surface area contributed by atoms with Crippen LogP contribution in [0.5, 0.6) is 0 Å². The van der Waals surface area contributed by atoms with E-state index in [0.29, 0.717) is 4.31 Å². The molecule has 0 radical (unpaired) electrons. The number of nitro groups is 1. The van der Waals surface area contributed by atoms with Crippen molar-refractivity contribution in [2.75, 3.05) is 6.54 Å². The van der Waals surface area contributed by atoms with Crippen LogP contribution in [0.2, 0.25) is 0 Å². The van der Waals surface area contributed by atoms with Crippen LogP contribution in [0, 0.1) is 10.1 Å². The van der Waals surface area contributed by atoms with Gasteiger partial charge in [0.15, 0.2) is 0 Å². The smallest absolute Gasteiger partial charge is 0.270 e. The van der Waals surface area contributed by atoms with Crippen LogP contribution in [0.1, 0.15) is 10.4 Å². The summed E-state index contributed by atoms with van der Waals surface area (Å²) in [5.74, 6) is 3.01. The molecule has 2 rings (SSSR count). The molecule has 1 aliphatic rings. The molecule has 3 N–H and O–H groups in total. The zero-order valence-corrected chi connectivity index (χ0v) is 10.6. The van der Waals surface area contributed by atoms with Crippen LogP contribution in [0.15, 0.2) is 23.1 Å². The van der Waals surface area contributed by atoms with Crippen molar-refractivity contribution in [1.82, 2.24) is 9.73 Å². The SMILES string of the molecule is NNC(=O)CN1C(=O)c2ccc([N+](=O)[O-])cc2S1(=O)=O. The van der Waals surface area contributed by atoms with Gasteiger partial charge in [-0.25, -0.2) is 18.6 Å². The van der Waals surface area contributed by atoms with Crippen LogP contribution < -0.4 is 11.3 Å². The van der Waals surface area contributed by atoms with E-state index in [1.165, 1.54) is 0 Å². The Labute approximate surface area is 112 Å².